The molecule has 0 bridgehead atoms. The fourth-order valence-corrected chi connectivity index (χ4v) is 2.24. The topological polar surface area (TPSA) is 46.9 Å². The average Bonchev–Trinajstić information content (AvgIpc) is 2.75. The van der Waals surface area contributed by atoms with E-state index in [1.165, 1.54) is 12.1 Å². The predicted molar refractivity (Wildman–Crippen MR) is 79.4 cm³/mol. The third kappa shape index (κ3) is 4.70. The minimum absolute atomic E-state index is 0.0149. The smallest absolute Gasteiger partial charge is 0.221 e. The molecule has 1 amide bonds. The fourth-order valence-electron chi connectivity index (χ4n) is 2.24. The third-order valence-corrected chi connectivity index (χ3v) is 3.28. The van der Waals surface area contributed by atoms with Crippen LogP contribution >= 0.6 is 0 Å². The molecular weight excluding hydrogens is 269 g/mol. The van der Waals surface area contributed by atoms with Crippen LogP contribution in [0.4, 0.5) is 4.39 Å². The molecular formula is C16H20FN3O. The molecule has 4 nitrogen and oxygen atoms in total. The number of carbonyl (C=O) groups excluding carboxylic acids is 1. The van der Waals surface area contributed by atoms with Crippen molar-refractivity contribution >= 4 is 5.91 Å². The summed E-state index contributed by atoms with van der Waals surface area (Å²) in [6, 6.07) is 8.42. The summed E-state index contributed by atoms with van der Waals surface area (Å²) >= 11 is 0. The fraction of sp³-hybridized carbons (Fsp3) is 0.375. The molecule has 2 aromatic rings. The molecule has 112 valence electrons. The molecule has 5 heteroatoms. The van der Waals surface area contributed by atoms with Gasteiger partial charge >= 0.3 is 0 Å². The van der Waals surface area contributed by atoms with E-state index in [1.807, 2.05) is 30.7 Å². The molecule has 1 N–H and O–H groups in total. The van der Waals surface area contributed by atoms with Gasteiger partial charge in [0, 0.05) is 25.2 Å². The van der Waals surface area contributed by atoms with Gasteiger partial charge in [0.1, 0.15) is 5.82 Å². The van der Waals surface area contributed by atoms with Crippen LogP contribution in [0, 0.1) is 19.7 Å². The second kappa shape index (κ2) is 7.02. The highest BCUT2D eigenvalue weighted by molar-refractivity contribution is 5.75. The molecule has 21 heavy (non-hydrogen) atoms. The minimum atomic E-state index is -0.247. The molecule has 0 aliphatic heterocycles. The summed E-state index contributed by atoms with van der Waals surface area (Å²) in [5.41, 5.74) is 2.90. The largest absolute Gasteiger partial charge is 0.356 e. The number of aryl methyl sites for hydroxylation is 3. The van der Waals surface area contributed by atoms with E-state index in [9.17, 15) is 9.18 Å². The standard InChI is InChI=1S/C16H20FN3O/c1-12-10-13(2)20(19-12)9-7-16(21)18-8-6-14-4-3-5-15(17)11-14/h3-5,10-11H,6-9H2,1-2H3,(H,18,21). The molecule has 2 rings (SSSR count). The van der Waals surface area contributed by atoms with Crippen LogP contribution in [0.2, 0.25) is 0 Å². The van der Waals surface area contributed by atoms with E-state index in [-0.39, 0.29) is 11.7 Å². The van der Waals surface area contributed by atoms with Gasteiger partial charge in [-0.3, -0.25) is 9.48 Å². The highest BCUT2D eigenvalue weighted by Crippen LogP contribution is 2.04. The van der Waals surface area contributed by atoms with Crippen LogP contribution in [-0.2, 0) is 17.8 Å². The Hall–Kier alpha value is -2.17. The lowest BCUT2D eigenvalue weighted by atomic mass is 10.1. The number of carbonyl (C=O) groups is 1. The highest BCUT2D eigenvalue weighted by atomic mass is 19.1. The molecule has 0 aliphatic rings. The number of rotatable bonds is 6. The molecule has 0 unspecified atom stereocenters. The monoisotopic (exact) mass is 289 g/mol. The lowest BCUT2D eigenvalue weighted by molar-refractivity contribution is -0.121. The van der Waals surface area contributed by atoms with Crippen molar-refractivity contribution in [2.24, 2.45) is 0 Å². The molecule has 1 aromatic heterocycles. The molecule has 0 spiro atoms. The van der Waals surface area contributed by atoms with Crippen LogP contribution in [-0.4, -0.2) is 22.2 Å². The van der Waals surface area contributed by atoms with Gasteiger partial charge in [0.05, 0.1) is 5.69 Å². The van der Waals surface area contributed by atoms with Gasteiger partial charge in [-0.25, -0.2) is 4.39 Å². The maximum absolute atomic E-state index is 13.0. The molecule has 0 aliphatic carbocycles. The Morgan fingerprint density at radius 3 is 2.81 bits per heavy atom. The van der Waals surface area contributed by atoms with Crippen molar-refractivity contribution in [2.45, 2.75) is 33.2 Å². The Morgan fingerprint density at radius 1 is 1.33 bits per heavy atom. The van der Waals surface area contributed by atoms with E-state index < -0.39 is 0 Å². The number of amides is 1. The normalized spacial score (nSPS) is 10.6. The van der Waals surface area contributed by atoms with Crippen LogP contribution in [0.5, 0.6) is 0 Å². The number of hydrogen-bond acceptors (Lipinski definition) is 2. The first-order valence-corrected chi connectivity index (χ1v) is 7.07. The van der Waals surface area contributed by atoms with E-state index in [0.29, 0.717) is 25.9 Å². The van der Waals surface area contributed by atoms with Gasteiger partial charge < -0.3 is 5.32 Å². The minimum Gasteiger partial charge on any atom is -0.356 e. The number of hydrogen-bond donors (Lipinski definition) is 1. The maximum Gasteiger partial charge on any atom is 0.221 e. The van der Waals surface area contributed by atoms with E-state index in [1.54, 1.807) is 6.07 Å². The second-order valence-corrected chi connectivity index (χ2v) is 5.13. The van der Waals surface area contributed by atoms with Gasteiger partial charge in [0.2, 0.25) is 5.91 Å². The molecule has 1 aromatic carbocycles. The Bertz CT molecular complexity index is 622. The summed E-state index contributed by atoms with van der Waals surface area (Å²) in [5, 5.41) is 7.16. The highest BCUT2D eigenvalue weighted by Gasteiger charge is 2.05. The van der Waals surface area contributed by atoms with Crippen molar-refractivity contribution in [2.75, 3.05) is 6.54 Å². The van der Waals surface area contributed by atoms with Crippen LogP contribution in [0.15, 0.2) is 30.3 Å². The van der Waals surface area contributed by atoms with Crippen LogP contribution < -0.4 is 5.32 Å². The van der Waals surface area contributed by atoms with Gasteiger partial charge in [-0.15, -0.1) is 0 Å². The first-order chi connectivity index (χ1) is 10.0. The zero-order valence-electron chi connectivity index (χ0n) is 12.4. The van der Waals surface area contributed by atoms with Crippen molar-refractivity contribution in [3.8, 4) is 0 Å². The summed E-state index contributed by atoms with van der Waals surface area (Å²) < 4.78 is 14.8. The molecule has 0 radical (unpaired) electrons. The Kier molecular flexibility index (Phi) is 5.09. The summed E-state index contributed by atoms with van der Waals surface area (Å²) in [5.74, 6) is -0.262. The van der Waals surface area contributed by atoms with Crippen molar-refractivity contribution in [1.82, 2.24) is 15.1 Å². The second-order valence-electron chi connectivity index (χ2n) is 5.13. The molecule has 0 saturated carbocycles. The van der Waals surface area contributed by atoms with E-state index in [0.717, 1.165) is 17.0 Å². The van der Waals surface area contributed by atoms with Crippen LogP contribution in [0.1, 0.15) is 23.4 Å². The van der Waals surface area contributed by atoms with Gasteiger partial charge in [0.25, 0.3) is 0 Å². The van der Waals surface area contributed by atoms with E-state index in [4.69, 9.17) is 0 Å². The summed E-state index contributed by atoms with van der Waals surface area (Å²) in [6.45, 7) is 5.00. The number of benzene rings is 1. The van der Waals surface area contributed by atoms with Crippen molar-refractivity contribution in [1.29, 1.82) is 0 Å². The summed E-state index contributed by atoms with van der Waals surface area (Å²) in [7, 11) is 0. The Morgan fingerprint density at radius 2 is 2.14 bits per heavy atom. The SMILES string of the molecule is Cc1cc(C)n(CCC(=O)NCCc2cccc(F)c2)n1. The Balaban J connectivity index is 1.71. The zero-order chi connectivity index (χ0) is 15.2. The van der Waals surface area contributed by atoms with Crippen LogP contribution in [0.3, 0.4) is 0 Å². The van der Waals surface area contributed by atoms with Gasteiger partial charge in [-0.1, -0.05) is 12.1 Å². The van der Waals surface area contributed by atoms with Gasteiger partial charge in [-0.05, 0) is 44.0 Å². The number of halogens is 1. The molecule has 0 saturated heterocycles. The predicted octanol–water partition coefficient (Wildman–Crippen LogP) is 2.39. The van der Waals surface area contributed by atoms with Gasteiger partial charge in [0.15, 0.2) is 0 Å². The lowest BCUT2D eigenvalue weighted by Gasteiger charge is -2.07. The Labute approximate surface area is 124 Å². The zero-order valence-corrected chi connectivity index (χ0v) is 12.4. The number of nitrogens with one attached hydrogen (secondary N) is 1. The van der Waals surface area contributed by atoms with Crippen molar-refractivity contribution in [3.05, 3.63) is 53.1 Å². The first kappa shape index (κ1) is 15.2. The summed E-state index contributed by atoms with van der Waals surface area (Å²) in [6.07, 6.45) is 1.02. The first-order valence-electron chi connectivity index (χ1n) is 7.07. The number of aromatic nitrogens is 2. The lowest BCUT2D eigenvalue weighted by Crippen LogP contribution is -2.26. The maximum atomic E-state index is 13.0. The van der Waals surface area contributed by atoms with E-state index in [2.05, 4.69) is 10.4 Å². The van der Waals surface area contributed by atoms with E-state index >= 15 is 0 Å². The molecule has 0 fully saturated rings. The molecule has 0 atom stereocenters. The van der Waals surface area contributed by atoms with Crippen molar-refractivity contribution in [3.63, 3.8) is 0 Å². The average molecular weight is 289 g/mol. The third-order valence-electron chi connectivity index (χ3n) is 3.28. The van der Waals surface area contributed by atoms with Crippen LogP contribution in [0.25, 0.3) is 0 Å². The quantitative estimate of drug-likeness (QED) is 0.887. The molecule has 1 heterocycles. The van der Waals surface area contributed by atoms with Gasteiger partial charge in [-0.2, -0.15) is 5.10 Å². The van der Waals surface area contributed by atoms with Crippen molar-refractivity contribution < 1.29 is 9.18 Å². The number of nitrogens with zero attached hydrogens (tertiary/aromatic N) is 2. The summed E-state index contributed by atoms with van der Waals surface area (Å²) in [4.78, 5) is 11.8.